The number of anilines is 1. The second kappa shape index (κ2) is 6.69. The van der Waals surface area contributed by atoms with Gasteiger partial charge in [0, 0.05) is 35.8 Å². The molecule has 0 unspecified atom stereocenters. The van der Waals surface area contributed by atoms with Gasteiger partial charge in [0.1, 0.15) is 5.82 Å². The number of fused-ring (bicyclic) bond motifs is 1. The summed E-state index contributed by atoms with van der Waals surface area (Å²) in [6, 6.07) is 8.51. The number of nitrogens with one attached hydrogen (secondary N) is 2. The Hall–Kier alpha value is -2.66. The van der Waals surface area contributed by atoms with Crippen LogP contribution >= 0.6 is 0 Å². The van der Waals surface area contributed by atoms with Gasteiger partial charge in [-0.25, -0.2) is 9.97 Å². The van der Waals surface area contributed by atoms with Crippen molar-refractivity contribution >= 4 is 16.6 Å². The molecule has 0 amide bonds. The Bertz CT molecular complexity index is 905. The number of piperidine rings is 1. The maximum atomic E-state index is 4.55. The predicted octanol–water partition coefficient (Wildman–Crippen LogP) is 3.56. The van der Waals surface area contributed by atoms with Crippen molar-refractivity contribution in [2.24, 2.45) is 13.0 Å². The lowest BCUT2D eigenvalue weighted by Gasteiger charge is -2.25. The molecule has 3 aromatic rings. The molecule has 0 atom stereocenters. The van der Waals surface area contributed by atoms with Crippen LogP contribution in [0.5, 0.6) is 0 Å². The van der Waals surface area contributed by atoms with Crippen molar-refractivity contribution in [1.82, 2.24) is 19.9 Å². The van der Waals surface area contributed by atoms with Crippen molar-refractivity contribution < 1.29 is 0 Å². The minimum Gasteiger partial charge on any atom is -0.344 e. The second-order valence-electron chi connectivity index (χ2n) is 6.70. The molecule has 0 radical (unpaired) electrons. The predicted molar refractivity (Wildman–Crippen MR) is 102 cm³/mol. The average molecular weight is 333 g/mol. The van der Waals surface area contributed by atoms with E-state index >= 15 is 0 Å². The first-order valence-electron chi connectivity index (χ1n) is 8.74. The molecule has 5 heteroatoms. The largest absolute Gasteiger partial charge is 0.344 e. The van der Waals surface area contributed by atoms with Crippen LogP contribution in [-0.4, -0.2) is 27.6 Å². The SMILES string of the molecule is C=C(Nc1cc2cc(-c3cncn3C)ccc2cn1)C1CCNCC1. The minimum atomic E-state index is 0.513. The molecule has 0 spiro atoms. The number of benzene rings is 1. The fourth-order valence-electron chi connectivity index (χ4n) is 3.44. The molecular weight excluding hydrogens is 310 g/mol. The molecule has 1 saturated heterocycles. The van der Waals surface area contributed by atoms with Crippen LogP contribution in [0.2, 0.25) is 0 Å². The van der Waals surface area contributed by atoms with E-state index in [-0.39, 0.29) is 0 Å². The summed E-state index contributed by atoms with van der Waals surface area (Å²) in [5, 5.41) is 9.10. The number of rotatable bonds is 4. The summed E-state index contributed by atoms with van der Waals surface area (Å²) in [6.45, 7) is 6.35. The molecule has 1 aromatic carbocycles. The number of aryl methyl sites for hydroxylation is 1. The molecular formula is C20H23N5. The number of allylic oxidation sites excluding steroid dienone is 1. The molecule has 3 heterocycles. The average Bonchev–Trinajstić information content (AvgIpc) is 3.08. The highest BCUT2D eigenvalue weighted by Crippen LogP contribution is 2.26. The molecule has 0 saturated carbocycles. The highest BCUT2D eigenvalue weighted by molar-refractivity contribution is 5.88. The molecule has 1 aliphatic rings. The van der Waals surface area contributed by atoms with Gasteiger partial charge in [0.15, 0.2) is 0 Å². The lowest BCUT2D eigenvalue weighted by atomic mass is 9.95. The quantitative estimate of drug-likeness (QED) is 0.766. The van der Waals surface area contributed by atoms with E-state index < -0.39 is 0 Å². The van der Waals surface area contributed by atoms with E-state index in [0.717, 1.165) is 59.5 Å². The van der Waals surface area contributed by atoms with Crippen LogP contribution in [0.1, 0.15) is 12.8 Å². The molecule has 4 rings (SSSR count). The Kier molecular flexibility index (Phi) is 4.24. The van der Waals surface area contributed by atoms with Gasteiger partial charge in [0.05, 0.1) is 18.2 Å². The molecule has 1 aliphatic heterocycles. The number of imidazole rings is 1. The summed E-state index contributed by atoms with van der Waals surface area (Å²) < 4.78 is 2.03. The van der Waals surface area contributed by atoms with Crippen LogP contribution in [0.25, 0.3) is 22.0 Å². The third kappa shape index (κ3) is 3.28. The van der Waals surface area contributed by atoms with Gasteiger partial charge in [-0.15, -0.1) is 0 Å². The van der Waals surface area contributed by atoms with Crippen LogP contribution in [-0.2, 0) is 7.05 Å². The maximum absolute atomic E-state index is 4.55. The molecule has 1 fully saturated rings. The van der Waals surface area contributed by atoms with E-state index in [4.69, 9.17) is 0 Å². The van der Waals surface area contributed by atoms with Crippen LogP contribution in [0.15, 0.2) is 55.3 Å². The summed E-state index contributed by atoms with van der Waals surface area (Å²) >= 11 is 0. The number of hydrogen-bond acceptors (Lipinski definition) is 4. The first kappa shape index (κ1) is 15.8. The Morgan fingerprint density at radius 3 is 2.80 bits per heavy atom. The van der Waals surface area contributed by atoms with Crippen LogP contribution in [0.4, 0.5) is 5.82 Å². The summed E-state index contributed by atoms with van der Waals surface area (Å²) in [4.78, 5) is 8.75. The van der Waals surface area contributed by atoms with Crippen molar-refractivity contribution in [2.75, 3.05) is 18.4 Å². The Labute approximate surface area is 147 Å². The zero-order valence-corrected chi connectivity index (χ0v) is 14.5. The summed E-state index contributed by atoms with van der Waals surface area (Å²) in [5.74, 6) is 1.37. The van der Waals surface area contributed by atoms with Gasteiger partial charge in [-0.1, -0.05) is 18.7 Å². The minimum absolute atomic E-state index is 0.513. The topological polar surface area (TPSA) is 54.8 Å². The van der Waals surface area contributed by atoms with Gasteiger partial charge in [0.25, 0.3) is 0 Å². The Morgan fingerprint density at radius 2 is 2.04 bits per heavy atom. The third-order valence-corrected chi connectivity index (χ3v) is 4.95. The monoisotopic (exact) mass is 333 g/mol. The van der Waals surface area contributed by atoms with E-state index in [9.17, 15) is 0 Å². The lowest BCUT2D eigenvalue weighted by Crippen LogP contribution is -2.30. The fraction of sp³-hybridized carbons (Fsp3) is 0.300. The van der Waals surface area contributed by atoms with Crippen molar-refractivity contribution in [3.05, 3.63) is 55.3 Å². The fourth-order valence-corrected chi connectivity index (χ4v) is 3.44. The van der Waals surface area contributed by atoms with Gasteiger partial charge in [-0.3, -0.25) is 0 Å². The van der Waals surface area contributed by atoms with Crippen LogP contribution < -0.4 is 10.6 Å². The van der Waals surface area contributed by atoms with E-state index in [0.29, 0.717) is 5.92 Å². The lowest BCUT2D eigenvalue weighted by molar-refractivity contribution is 0.422. The van der Waals surface area contributed by atoms with Crippen LogP contribution in [0.3, 0.4) is 0 Å². The summed E-state index contributed by atoms with van der Waals surface area (Å²) in [7, 11) is 2.01. The van der Waals surface area contributed by atoms with Crippen molar-refractivity contribution in [2.45, 2.75) is 12.8 Å². The third-order valence-electron chi connectivity index (χ3n) is 4.95. The van der Waals surface area contributed by atoms with Gasteiger partial charge >= 0.3 is 0 Å². The van der Waals surface area contributed by atoms with E-state index in [1.807, 2.05) is 30.3 Å². The summed E-state index contributed by atoms with van der Waals surface area (Å²) in [5.41, 5.74) is 3.32. The van der Waals surface area contributed by atoms with Crippen molar-refractivity contribution in [1.29, 1.82) is 0 Å². The molecule has 2 N–H and O–H groups in total. The zero-order chi connectivity index (χ0) is 17.2. The van der Waals surface area contributed by atoms with Crippen molar-refractivity contribution in [3.8, 4) is 11.3 Å². The number of aromatic nitrogens is 3. The molecule has 0 aliphatic carbocycles. The number of hydrogen-bond donors (Lipinski definition) is 2. The molecule has 5 nitrogen and oxygen atoms in total. The van der Waals surface area contributed by atoms with E-state index in [2.05, 4.69) is 51.4 Å². The van der Waals surface area contributed by atoms with Gasteiger partial charge < -0.3 is 15.2 Å². The first-order valence-corrected chi connectivity index (χ1v) is 8.74. The van der Waals surface area contributed by atoms with Crippen molar-refractivity contribution in [3.63, 3.8) is 0 Å². The standard InChI is InChI=1S/C20H23N5/c1-14(15-5-7-21-8-6-15)24-20-10-18-9-16(3-4-17(18)11-23-20)19-12-22-13-25(19)2/h3-4,9-13,15,21H,1,5-8H2,2H3,(H,23,24). The molecule has 2 aromatic heterocycles. The molecule has 0 bridgehead atoms. The van der Waals surface area contributed by atoms with Gasteiger partial charge in [0.2, 0.25) is 0 Å². The highest BCUT2D eigenvalue weighted by atomic mass is 15.0. The second-order valence-corrected chi connectivity index (χ2v) is 6.70. The normalized spacial score (nSPS) is 15.4. The van der Waals surface area contributed by atoms with Gasteiger partial charge in [-0.05, 0) is 43.5 Å². The maximum Gasteiger partial charge on any atom is 0.130 e. The van der Waals surface area contributed by atoms with E-state index in [1.54, 1.807) is 0 Å². The summed E-state index contributed by atoms with van der Waals surface area (Å²) in [6.07, 6.45) is 7.89. The smallest absolute Gasteiger partial charge is 0.130 e. The van der Waals surface area contributed by atoms with Crippen LogP contribution in [0, 0.1) is 5.92 Å². The Morgan fingerprint density at radius 1 is 1.20 bits per heavy atom. The number of pyridine rings is 1. The molecule has 25 heavy (non-hydrogen) atoms. The Balaban J connectivity index is 1.60. The van der Waals surface area contributed by atoms with Gasteiger partial charge in [-0.2, -0.15) is 0 Å². The zero-order valence-electron chi connectivity index (χ0n) is 14.5. The molecule has 128 valence electrons. The first-order chi connectivity index (χ1) is 12.2. The highest BCUT2D eigenvalue weighted by Gasteiger charge is 2.16. The van der Waals surface area contributed by atoms with E-state index in [1.165, 1.54) is 0 Å². The number of nitrogens with zero attached hydrogens (tertiary/aromatic N) is 3.